The molecular formula is C24H20N2O5S. The van der Waals surface area contributed by atoms with Gasteiger partial charge in [0.2, 0.25) is 5.88 Å². The lowest BCUT2D eigenvalue weighted by molar-refractivity contribution is -0.114. The smallest absolute Gasteiger partial charge is 0.257 e. The van der Waals surface area contributed by atoms with E-state index in [4.69, 9.17) is 14.2 Å². The molecule has 1 aromatic heterocycles. The minimum absolute atomic E-state index is 0.0885. The molecular weight excluding hydrogens is 428 g/mol. The van der Waals surface area contributed by atoms with Crippen LogP contribution >= 0.6 is 0 Å². The largest absolute Gasteiger partial charge is 0.486 e. The number of hydrogen-bond acceptors (Lipinski definition) is 6. The van der Waals surface area contributed by atoms with E-state index in [-0.39, 0.29) is 12.0 Å². The second-order valence-corrected chi connectivity index (χ2v) is 8.55. The molecule has 0 radical (unpaired) electrons. The Morgan fingerprint density at radius 3 is 2.69 bits per heavy atom. The van der Waals surface area contributed by atoms with Crippen LogP contribution in [0.5, 0.6) is 23.1 Å². The third-order valence-corrected chi connectivity index (χ3v) is 6.53. The van der Waals surface area contributed by atoms with Crippen LogP contribution < -0.4 is 18.9 Å². The third-order valence-electron chi connectivity index (χ3n) is 5.39. The molecule has 2 aliphatic rings. The molecule has 1 unspecified atom stereocenters. The first-order chi connectivity index (χ1) is 15.6. The fourth-order valence-electron chi connectivity index (χ4n) is 3.89. The fourth-order valence-corrected chi connectivity index (χ4v) is 4.81. The quantitative estimate of drug-likeness (QED) is 0.611. The van der Waals surface area contributed by atoms with Crippen LogP contribution in [-0.2, 0) is 22.2 Å². The summed E-state index contributed by atoms with van der Waals surface area (Å²) in [4.78, 5) is 16.0. The van der Waals surface area contributed by atoms with Crippen LogP contribution in [0.3, 0.4) is 0 Å². The summed E-state index contributed by atoms with van der Waals surface area (Å²) < 4.78 is 31.8. The van der Waals surface area contributed by atoms with Crippen LogP contribution in [-0.4, -0.2) is 22.2 Å². The molecule has 7 nitrogen and oxygen atoms in total. The van der Waals surface area contributed by atoms with Crippen LogP contribution in [0.1, 0.15) is 29.2 Å². The molecule has 162 valence electrons. The number of methoxy groups -OCH3 is 1. The van der Waals surface area contributed by atoms with Crippen molar-refractivity contribution in [3.8, 4) is 23.1 Å². The highest BCUT2D eigenvalue weighted by Crippen LogP contribution is 2.41. The van der Waals surface area contributed by atoms with E-state index in [1.54, 1.807) is 25.4 Å². The topological polar surface area (TPSA) is 86.8 Å². The maximum absolute atomic E-state index is 11.9. The van der Waals surface area contributed by atoms with Crippen molar-refractivity contribution < 1.29 is 23.2 Å². The highest BCUT2D eigenvalue weighted by Gasteiger charge is 2.27. The zero-order chi connectivity index (χ0) is 22.1. The minimum Gasteiger partial charge on any atom is -0.486 e. The Morgan fingerprint density at radius 2 is 1.94 bits per heavy atom. The predicted octanol–water partition coefficient (Wildman–Crippen LogP) is 4.08. The number of nitrogens with zero attached hydrogens (tertiary/aromatic N) is 1. The van der Waals surface area contributed by atoms with Crippen molar-refractivity contribution in [1.82, 2.24) is 9.71 Å². The Morgan fingerprint density at radius 1 is 1.09 bits per heavy atom. The Hall–Kier alpha value is -3.65. The van der Waals surface area contributed by atoms with Gasteiger partial charge in [0.1, 0.15) is 23.4 Å². The Kier molecular flexibility index (Phi) is 5.36. The normalized spacial score (nSPS) is 19.2. The first-order valence-electron chi connectivity index (χ1n) is 10.1. The van der Waals surface area contributed by atoms with Gasteiger partial charge in [0, 0.05) is 23.9 Å². The van der Waals surface area contributed by atoms with Crippen molar-refractivity contribution in [2.75, 3.05) is 7.11 Å². The number of pyridine rings is 1. The number of nitrogens with one attached hydrogen (secondary N) is 1. The summed E-state index contributed by atoms with van der Waals surface area (Å²) in [6.45, 7) is 0. The van der Waals surface area contributed by atoms with E-state index in [1.165, 1.54) is 6.08 Å². The monoisotopic (exact) mass is 448 g/mol. The summed E-state index contributed by atoms with van der Waals surface area (Å²) in [6.07, 6.45) is 4.60. The Labute approximate surface area is 187 Å². The summed E-state index contributed by atoms with van der Waals surface area (Å²) in [5, 5.41) is 0. The summed E-state index contributed by atoms with van der Waals surface area (Å²) >= 11 is 0. The molecule has 0 spiro atoms. The van der Waals surface area contributed by atoms with E-state index in [9.17, 15) is 9.00 Å². The van der Waals surface area contributed by atoms with Gasteiger partial charge in [-0.2, -0.15) is 0 Å². The molecule has 2 heterocycles. The summed E-state index contributed by atoms with van der Waals surface area (Å²) in [5.41, 5.74) is 2.95. The standard InChI is InChI=1S/C24H20N2O5S/c1-29-24-13-17(11-12-25-24)31-20-4-2-3-18-19(20)9-10-21(18)30-16-7-5-15(6-8-16)22-14-23(27)26-32(22)28/h2-8,11-14,21H,9-10H2,1H3,(H,26,27)/t21-,32?/m1/s1. The minimum atomic E-state index is -1.51. The molecule has 1 aliphatic carbocycles. The van der Waals surface area contributed by atoms with Crippen molar-refractivity contribution in [2.24, 2.45) is 0 Å². The number of ether oxygens (including phenoxy) is 3. The zero-order valence-electron chi connectivity index (χ0n) is 17.2. The van der Waals surface area contributed by atoms with Gasteiger partial charge >= 0.3 is 0 Å². The predicted molar refractivity (Wildman–Crippen MR) is 120 cm³/mol. The SMILES string of the molecule is COc1cc(Oc2cccc3c2CC[C@H]3Oc2ccc(C3=CC(=O)NS3=O)cc2)ccn1. The molecule has 0 fully saturated rings. The van der Waals surface area contributed by atoms with Crippen LogP contribution in [0, 0.1) is 0 Å². The van der Waals surface area contributed by atoms with Crippen LogP contribution in [0.15, 0.2) is 66.9 Å². The van der Waals surface area contributed by atoms with Crippen molar-refractivity contribution in [3.05, 3.63) is 83.6 Å². The summed E-state index contributed by atoms with van der Waals surface area (Å²) in [6, 6.07) is 16.8. The van der Waals surface area contributed by atoms with Gasteiger partial charge in [-0.3, -0.25) is 9.52 Å². The van der Waals surface area contributed by atoms with Gasteiger partial charge in [-0.05, 0) is 48.2 Å². The van der Waals surface area contributed by atoms with Crippen molar-refractivity contribution in [1.29, 1.82) is 0 Å². The lowest BCUT2D eigenvalue weighted by atomic mass is 10.1. The number of carbonyl (C=O) groups excluding carboxylic acids is 1. The highest BCUT2D eigenvalue weighted by molar-refractivity contribution is 7.93. The molecule has 2 atom stereocenters. The van der Waals surface area contributed by atoms with Crippen molar-refractivity contribution >= 4 is 21.8 Å². The first kappa shape index (κ1) is 20.3. The van der Waals surface area contributed by atoms with Gasteiger partial charge in [-0.1, -0.05) is 24.3 Å². The van der Waals surface area contributed by atoms with Gasteiger partial charge < -0.3 is 14.2 Å². The molecule has 0 bridgehead atoms. The maximum atomic E-state index is 11.9. The number of rotatable bonds is 6. The fraction of sp³-hybridized carbons (Fsp3) is 0.167. The number of aromatic nitrogens is 1. The van der Waals surface area contributed by atoms with Gasteiger partial charge in [0.15, 0.2) is 11.0 Å². The van der Waals surface area contributed by atoms with Gasteiger partial charge in [0.05, 0.1) is 12.0 Å². The number of hydrogen-bond donors (Lipinski definition) is 1. The number of carbonyl (C=O) groups is 1. The number of fused-ring (bicyclic) bond motifs is 1. The van der Waals surface area contributed by atoms with Crippen LogP contribution in [0.4, 0.5) is 0 Å². The molecule has 0 saturated heterocycles. The van der Waals surface area contributed by atoms with Crippen molar-refractivity contribution in [2.45, 2.75) is 18.9 Å². The van der Waals surface area contributed by atoms with E-state index in [0.717, 1.165) is 35.3 Å². The highest BCUT2D eigenvalue weighted by atomic mass is 32.2. The Balaban J connectivity index is 1.33. The second kappa shape index (κ2) is 8.47. The van der Waals surface area contributed by atoms with E-state index < -0.39 is 11.0 Å². The lowest BCUT2D eigenvalue weighted by Gasteiger charge is -2.16. The van der Waals surface area contributed by atoms with E-state index >= 15 is 0 Å². The molecule has 0 saturated carbocycles. The maximum Gasteiger partial charge on any atom is 0.257 e. The molecule has 2 aromatic carbocycles. The molecule has 3 aromatic rings. The lowest BCUT2D eigenvalue weighted by Crippen LogP contribution is -2.16. The van der Waals surface area contributed by atoms with E-state index in [2.05, 4.69) is 15.8 Å². The summed E-state index contributed by atoms with van der Waals surface area (Å²) in [5.74, 6) is 2.32. The molecule has 1 N–H and O–H groups in total. The van der Waals surface area contributed by atoms with Gasteiger partial charge in [-0.15, -0.1) is 0 Å². The molecule has 1 amide bonds. The molecule has 8 heteroatoms. The average Bonchev–Trinajstić information content (AvgIpc) is 3.37. The van der Waals surface area contributed by atoms with Gasteiger partial charge in [-0.25, -0.2) is 9.19 Å². The average molecular weight is 449 g/mol. The first-order valence-corrected chi connectivity index (χ1v) is 11.3. The van der Waals surface area contributed by atoms with Crippen LogP contribution in [0.25, 0.3) is 4.91 Å². The molecule has 32 heavy (non-hydrogen) atoms. The number of amides is 1. The summed E-state index contributed by atoms with van der Waals surface area (Å²) in [7, 11) is 0.0619. The van der Waals surface area contributed by atoms with Crippen molar-refractivity contribution in [3.63, 3.8) is 0 Å². The molecule has 1 aliphatic heterocycles. The van der Waals surface area contributed by atoms with E-state index in [1.807, 2.05) is 36.4 Å². The number of benzene rings is 2. The van der Waals surface area contributed by atoms with Gasteiger partial charge in [0.25, 0.3) is 5.91 Å². The Bertz CT molecular complexity index is 1240. The second-order valence-electron chi connectivity index (χ2n) is 7.37. The third kappa shape index (κ3) is 3.97. The van der Waals surface area contributed by atoms with Crippen LogP contribution in [0.2, 0.25) is 0 Å². The van der Waals surface area contributed by atoms with E-state index in [0.29, 0.717) is 22.3 Å². The zero-order valence-corrected chi connectivity index (χ0v) is 18.1. The molecule has 5 rings (SSSR count).